The van der Waals surface area contributed by atoms with Crippen molar-refractivity contribution in [2.45, 2.75) is 26.2 Å². The van der Waals surface area contributed by atoms with Crippen LogP contribution in [-0.4, -0.2) is 19.0 Å². The van der Waals surface area contributed by atoms with Crippen molar-refractivity contribution in [3.63, 3.8) is 0 Å². The Morgan fingerprint density at radius 3 is 2.83 bits per heavy atom. The summed E-state index contributed by atoms with van der Waals surface area (Å²) in [4.78, 5) is 16.3. The first-order valence-corrected chi connectivity index (χ1v) is 7.90. The minimum Gasteiger partial charge on any atom is -0.496 e. The molecule has 1 aliphatic heterocycles. The molecule has 2 heterocycles. The van der Waals surface area contributed by atoms with Gasteiger partial charge in [-0.25, -0.2) is 9.79 Å². The molecule has 124 valence electrons. The van der Waals surface area contributed by atoms with E-state index in [-0.39, 0.29) is 0 Å². The number of esters is 1. The number of ether oxygens (including phenoxy) is 2. The fraction of sp³-hybridized carbons (Fsp3) is 0.263. The van der Waals surface area contributed by atoms with E-state index in [1.54, 1.807) is 19.4 Å². The van der Waals surface area contributed by atoms with Crippen LogP contribution in [0.5, 0.6) is 5.75 Å². The Morgan fingerprint density at radius 1 is 1.25 bits per heavy atom. The van der Waals surface area contributed by atoms with E-state index in [2.05, 4.69) is 11.9 Å². The molecule has 3 rings (SSSR count). The molecule has 1 aromatic heterocycles. The zero-order chi connectivity index (χ0) is 16.9. The zero-order valence-electron chi connectivity index (χ0n) is 13.7. The highest BCUT2D eigenvalue weighted by atomic mass is 16.6. The van der Waals surface area contributed by atoms with E-state index in [9.17, 15) is 4.79 Å². The number of hydrogen-bond acceptors (Lipinski definition) is 5. The molecular formula is C19H19NO4. The summed E-state index contributed by atoms with van der Waals surface area (Å²) in [6.07, 6.45) is 5.38. The number of carbonyl (C=O) groups is 1. The van der Waals surface area contributed by atoms with Crippen LogP contribution in [0, 0.1) is 0 Å². The van der Waals surface area contributed by atoms with Gasteiger partial charge in [0.1, 0.15) is 11.5 Å². The number of benzene rings is 1. The Balaban J connectivity index is 1.75. The molecule has 0 unspecified atom stereocenters. The molecule has 0 radical (unpaired) electrons. The molecule has 0 aliphatic carbocycles. The van der Waals surface area contributed by atoms with E-state index in [1.165, 1.54) is 0 Å². The topological polar surface area (TPSA) is 61.0 Å². The monoisotopic (exact) mass is 325 g/mol. The summed E-state index contributed by atoms with van der Waals surface area (Å²) in [5, 5.41) is 0. The largest absolute Gasteiger partial charge is 0.496 e. The highest BCUT2D eigenvalue weighted by Crippen LogP contribution is 2.23. The summed E-state index contributed by atoms with van der Waals surface area (Å²) >= 11 is 0. The maximum Gasteiger partial charge on any atom is 0.363 e. The van der Waals surface area contributed by atoms with Crippen LogP contribution in [0.2, 0.25) is 0 Å². The van der Waals surface area contributed by atoms with E-state index in [0.717, 1.165) is 29.1 Å². The standard InChI is InChI=1S/C19H19NO4/c1-3-14-11-13(6-8-17(14)22-2)12-16-19(21)24-18(20-16)9-7-15-5-4-10-23-15/h4-6,8,10-12H,3,7,9H2,1-2H3/b16-12+. The van der Waals surface area contributed by atoms with Crippen molar-refractivity contribution in [1.82, 2.24) is 0 Å². The first kappa shape index (κ1) is 16.1. The van der Waals surface area contributed by atoms with Gasteiger partial charge in [0.05, 0.1) is 13.4 Å². The van der Waals surface area contributed by atoms with Crippen LogP contribution in [0.1, 0.15) is 30.2 Å². The lowest BCUT2D eigenvalue weighted by Crippen LogP contribution is -2.04. The molecule has 0 saturated carbocycles. The molecule has 5 nitrogen and oxygen atoms in total. The summed E-state index contributed by atoms with van der Waals surface area (Å²) in [6, 6.07) is 9.51. The fourth-order valence-electron chi connectivity index (χ4n) is 2.57. The van der Waals surface area contributed by atoms with Crippen LogP contribution >= 0.6 is 0 Å². The molecular weight excluding hydrogens is 306 g/mol. The van der Waals surface area contributed by atoms with Gasteiger partial charge in [-0.1, -0.05) is 13.0 Å². The average Bonchev–Trinajstić information content (AvgIpc) is 3.23. The zero-order valence-corrected chi connectivity index (χ0v) is 13.7. The second-order valence-corrected chi connectivity index (χ2v) is 5.43. The van der Waals surface area contributed by atoms with Crippen molar-refractivity contribution in [2.24, 2.45) is 4.99 Å². The van der Waals surface area contributed by atoms with Gasteiger partial charge in [-0.2, -0.15) is 0 Å². The highest BCUT2D eigenvalue weighted by molar-refractivity contribution is 6.07. The van der Waals surface area contributed by atoms with E-state index in [4.69, 9.17) is 13.9 Å². The van der Waals surface area contributed by atoms with Crippen molar-refractivity contribution < 1.29 is 18.7 Å². The SMILES string of the molecule is CCc1cc(/C=C2/N=C(CCc3ccco3)OC2=O)ccc1OC. The lowest BCUT2D eigenvalue weighted by atomic mass is 10.1. The third-order valence-corrected chi connectivity index (χ3v) is 3.82. The number of carbonyl (C=O) groups excluding carboxylic acids is 1. The molecule has 24 heavy (non-hydrogen) atoms. The summed E-state index contributed by atoms with van der Waals surface area (Å²) < 4.78 is 15.8. The number of hydrogen-bond donors (Lipinski definition) is 0. The van der Waals surface area contributed by atoms with Crippen LogP contribution in [-0.2, 0) is 22.4 Å². The van der Waals surface area contributed by atoms with Crippen molar-refractivity contribution in [2.75, 3.05) is 7.11 Å². The van der Waals surface area contributed by atoms with Gasteiger partial charge >= 0.3 is 5.97 Å². The molecule has 0 amide bonds. The minimum atomic E-state index is -0.418. The van der Waals surface area contributed by atoms with Gasteiger partial charge in [-0.15, -0.1) is 0 Å². The Bertz CT molecular complexity index is 788. The first-order valence-electron chi connectivity index (χ1n) is 7.90. The number of methoxy groups -OCH3 is 1. The smallest absolute Gasteiger partial charge is 0.363 e. The summed E-state index contributed by atoms with van der Waals surface area (Å²) in [5.41, 5.74) is 2.30. The van der Waals surface area contributed by atoms with Gasteiger partial charge in [0.15, 0.2) is 11.6 Å². The lowest BCUT2D eigenvalue weighted by Gasteiger charge is -2.07. The second-order valence-electron chi connectivity index (χ2n) is 5.43. The molecule has 1 aliphatic rings. The van der Waals surface area contributed by atoms with Gasteiger partial charge in [-0.05, 0) is 47.9 Å². The quantitative estimate of drug-likeness (QED) is 0.599. The maximum atomic E-state index is 12.0. The molecule has 0 atom stereocenters. The Hall–Kier alpha value is -2.82. The van der Waals surface area contributed by atoms with Crippen molar-refractivity contribution >= 4 is 17.9 Å². The Kier molecular flexibility index (Phi) is 4.79. The van der Waals surface area contributed by atoms with Crippen molar-refractivity contribution in [3.8, 4) is 5.75 Å². The summed E-state index contributed by atoms with van der Waals surface area (Å²) in [6.45, 7) is 2.06. The van der Waals surface area contributed by atoms with Gasteiger partial charge in [0, 0.05) is 12.8 Å². The molecule has 0 saturated heterocycles. The first-order chi connectivity index (χ1) is 11.7. The van der Waals surface area contributed by atoms with E-state index in [1.807, 2.05) is 30.3 Å². The maximum absolute atomic E-state index is 12.0. The molecule has 5 heteroatoms. The predicted octanol–water partition coefficient (Wildman–Crippen LogP) is 3.78. The van der Waals surface area contributed by atoms with Gasteiger partial charge < -0.3 is 13.9 Å². The van der Waals surface area contributed by atoms with Crippen molar-refractivity contribution in [3.05, 3.63) is 59.2 Å². The number of aliphatic imine (C=N–C) groups is 1. The van der Waals surface area contributed by atoms with Crippen LogP contribution in [0.15, 0.2) is 51.7 Å². The fourth-order valence-corrected chi connectivity index (χ4v) is 2.57. The molecule has 1 aromatic carbocycles. The van der Waals surface area contributed by atoms with Crippen molar-refractivity contribution in [1.29, 1.82) is 0 Å². The third kappa shape index (κ3) is 3.56. The number of furan rings is 1. The summed E-state index contributed by atoms with van der Waals surface area (Å²) in [5.74, 6) is 1.69. The number of rotatable bonds is 6. The normalized spacial score (nSPS) is 15.5. The molecule has 2 aromatic rings. The third-order valence-electron chi connectivity index (χ3n) is 3.82. The highest BCUT2D eigenvalue weighted by Gasteiger charge is 2.22. The number of nitrogens with zero attached hydrogens (tertiary/aromatic N) is 1. The predicted molar refractivity (Wildman–Crippen MR) is 90.9 cm³/mol. The molecule has 0 fully saturated rings. The van der Waals surface area contributed by atoms with Gasteiger partial charge in [0.2, 0.25) is 0 Å². The van der Waals surface area contributed by atoms with E-state index < -0.39 is 5.97 Å². The van der Waals surface area contributed by atoms with Crippen LogP contribution < -0.4 is 4.74 Å². The van der Waals surface area contributed by atoms with Crippen LogP contribution in [0.4, 0.5) is 0 Å². The van der Waals surface area contributed by atoms with Gasteiger partial charge in [-0.3, -0.25) is 0 Å². The second kappa shape index (κ2) is 7.17. The Labute approximate surface area is 140 Å². The number of aryl methyl sites for hydroxylation is 2. The van der Waals surface area contributed by atoms with Crippen LogP contribution in [0.3, 0.4) is 0 Å². The number of cyclic esters (lactones) is 1. The minimum absolute atomic E-state index is 0.316. The Morgan fingerprint density at radius 2 is 2.12 bits per heavy atom. The molecule has 0 N–H and O–H groups in total. The lowest BCUT2D eigenvalue weighted by molar-refractivity contribution is -0.130. The molecule has 0 spiro atoms. The van der Waals surface area contributed by atoms with Crippen LogP contribution in [0.25, 0.3) is 6.08 Å². The summed E-state index contributed by atoms with van der Waals surface area (Å²) in [7, 11) is 1.65. The average molecular weight is 325 g/mol. The molecule has 0 bridgehead atoms. The van der Waals surface area contributed by atoms with E-state index in [0.29, 0.717) is 24.4 Å². The van der Waals surface area contributed by atoms with E-state index >= 15 is 0 Å². The van der Waals surface area contributed by atoms with Gasteiger partial charge in [0.25, 0.3) is 0 Å².